The van der Waals surface area contributed by atoms with Crippen molar-refractivity contribution in [3.8, 4) is 0 Å². The number of benzene rings is 1. The van der Waals surface area contributed by atoms with Gasteiger partial charge in [-0.2, -0.15) is 13.2 Å². The fourth-order valence-electron chi connectivity index (χ4n) is 1.51. The zero-order chi connectivity index (χ0) is 14.3. The molecule has 0 aliphatic heterocycles. The van der Waals surface area contributed by atoms with Crippen LogP contribution in [0.2, 0.25) is 0 Å². The third-order valence-electron chi connectivity index (χ3n) is 2.37. The standard InChI is InChI=1S/C10H6F3N5S2/c11-10(12,13)7-16-17-8(18(7)14)20-9-15-5-3-1-2-4-6(5)19-9/h1-4H,14H2. The van der Waals surface area contributed by atoms with Crippen LogP contribution in [-0.4, -0.2) is 19.9 Å². The Morgan fingerprint density at radius 2 is 1.95 bits per heavy atom. The molecule has 0 saturated heterocycles. The van der Waals surface area contributed by atoms with Gasteiger partial charge in [0.1, 0.15) is 0 Å². The van der Waals surface area contributed by atoms with Crippen LogP contribution in [0.4, 0.5) is 13.2 Å². The number of thiazole rings is 1. The first-order valence-electron chi connectivity index (χ1n) is 5.26. The van der Waals surface area contributed by atoms with Gasteiger partial charge in [0.2, 0.25) is 5.16 Å². The van der Waals surface area contributed by atoms with E-state index in [2.05, 4.69) is 15.2 Å². The van der Waals surface area contributed by atoms with Gasteiger partial charge < -0.3 is 5.84 Å². The molecule has 1 aromatic carbocycles. The van der Waals surface area contributed by atoms with Crippen molar-refractivity contribution in [2.75, 3.05) is 5.84 Å². The van der Waals surface area contributed by atoms with Gasteiger partial charge in [-0.1, -0.05) is 12.1 Å². The average Bonchev–Trinajstić information content (AvgIpc) is 2.93. The Labute approximate surface area is 118 Å². The molecule has 2 aromatic heterocycles. The number of aromatic nitrogens is 4. The zero-order valence-corrected chi connectivity index (χ0v) is 11.3. The van der Waals surface area contributed by atoms with E-state index in [1.165, 1.54) is 11.3 Å². The molecule has 2 heterocycles. The summed E-state index contributed by atoms with van der Waals surface area (Å²) in [5, 5.41) is 6.44. The van der Waals surface area contributed by atoms with Crippen molar-refractivity contribution in [3.05, 3.63) is 30.1 Å². The molecule has 20 heavy (non-hydrogen) atoms. The Balaban J connectivity index is 1.93. The normalized spacial score (nSPS) is 12.2. The quantitative estimate of drug-likeness (QED) is 0.736. The van der Waals surface area contributed by atoms with Crippen LogP contribution >= 0.6 is 23.1 Å². The van der Waals surface area contributed by atoms with Gasteiger partial charge in [-0.05, 0) is 23.9 Å². The number of para-hydroxylation sites is 1. The Kier molecular flexibility index (Phi) is 3.05. The molecule has 0 aliphatic carbocycles. The van der Waals surface area contributed by atoms with E-state index in [1.54, 1.807) is 0 Å². The second-order valence-electron chi connectivity index (χ2n) is 3.72. The fourth-order valence-corrected chi connectivity index (χ4v) is 3.44. The number of rotatable bonds is 2. The van der Waals surface area contributed by atoms with E-state index in [0.717, 1.165) is 22.0 Å². The van der Waals surface area contributed by atoms with Crippen LogP contribution in [0.1, 0.15) is 5.82 Å². The van der Waals surface area contributed by atoms with Gasteiger partial charge in [0.05, 0.1) is 10.2 Å². The van der Waals surface area contributed by atoms with E-state index < -0.39 is 12.0 Å². The van der Waals surface area contributed by atoms with Crippen molar-refractivity contribution >= 4 is 33.3 Å². The van der Waals surface area contributed by atoms with Crippen LogP contribution in [0.5, 0.6) is 0 Å². The number of hydrogen-bond donors (Lipinski definition) is 1. The molecular weight excluding hydrogens is 311 g/mol. The summed E-state index contributed by atoms with van der Waals surface area (Å²) in [7, 11) is 0. The maximum atomic E-state index is 12.5. The molecule has 0 radical (unpaired) electrons. The third-order valence-corrected chi connectivity index (χ3v) is 4.43. The number of hydrogen-bond acceptors (Lipinski definition) is 6. The highest BCUT2D eigenvalue weighted by molar-refractivity contribution is 8.01. The smallest absolute Gasteiger partial charge is 0.335 e. The summed E-state index contributed by atoms with van der Waals surface area (Å²) in [5.41, 5.74) is 0.777. The van der Waals surface area contributed by atoms with Crippen LogP contribution < -0.4 is 5.84 Å². The Hall–Kier alpha value is -1.81. The van der Waals surface area contributed by atoms with Crippen molar-refractivity contribution in [2.45, 2.75) is 15.7 Å². The van der Waals surface area contributed by atoms with E-state index in [-0.39, 0.29) is 5.16 Å². The van der Waals surface area contributed by atoms with Gasteiger partial charge in [0, 0.05) is 0 Å². The van der Waals surface area contributed by atoms with Crippen molar-refractivity contribution in [3.63, 3.8) is 0 Å². The summed E-state index contributed by atoms with van der Waals surface area (Å²) in [6, 6.07) is 7.40. The Bertz CT molecular complexity index is 731. The van der Waals surface area contributed by atoms with Crippen LogP contribution in [-0.2, 0) is 6.18 Å². The van der Waals surface area contributed by atoms with Crippen LogP contribution in [0.25, 0.3) is 10.2 Å². The number of alkyl halides is 3. The number of nitrogen functional groups attached to an aromatic ring is 1. The van der Waals surface area contributed by atoms with Gasteiger partial charge in [0.25, 0.3) is 5.82 Å². The summed E-state index contributed by atoms with van der Waals surface area (Å²) < 4.78 is 39.5. The monoisotopic (exact) mass is 317 g/mol. The van der Waals surface area contributed by atoms with Crippen molar-refractivity contribution in [1.82, 2.24) is 19.9 Å². The highest BCUT2D eigenvalue weighted by Crippen LogP contribution is 2.35. The minimum Gasteiger partial charge on any atom is -0.335 e. The molecule has 0 aliphatic rings. The molecular formula is C10H6F3N5S2. The first-order chi connectivity index (χ1) is 9.45. The summed E-state index contributed by atoms with van der Waals surface area (Å²) in [6.07, 6.45) is -4.63. The minimum absolute atomic E-state index is 0.0589. The highest BCUT2D eigenvalue weighted by atomic mass is 32.2. The molecule has 3 rings (SSSR count). The maximum absolute atomic E-state index is 12.5. The maximum Gasteiger partial charge on any atom is 0.453 e. The molecule has 104 valence electrons. The molecule has 0 amide bonds. The molecule has 2 N–H and O–H groups in total. The molecule has 0 fully saturated rings. The summed E-state index contributed by atoms with van der Waals surface area (Å²) in [6.45, 7) is 0. The minimum atomic E-state index is -4.63. The van der Waals surface area contributed by atoms with Gasteiger partial charge in [-0.3, -0.25) is 0 Å². The molecule has 0 unspecified atom stereocenters. The first-order valence-corrected chi connectivity index (χ1v) is 6.89. The fraction of sp³-hybridized carbons (Fsp3) is 0.100. The SMILES string of the molecule is Nn1c(Sc2nc3ccccc3s2)nnc1C(F)(F)F. The molecule has 0 saturated carbocycles. The van der Waals surface area contributed by atoms with E-state index >= 15 is 0 Å². The molecule has 3 aromatic rings. The molecule has 0 atom stereocenters. The van der Waals surface area contributed by atoms with E-state index in [0.29, 0.717) is 9.02 Å². The second-order valence-corrected chi connectivity index (χ2v) is 5.97. The van der Waals surface area contributed by atoms with Crippen LogP contribution in [0.15, 0.2) is 33.8 Å². The molecule has 0 spiro atoms. The first kappa shape index (κ1) is 13.2. The van der Waals surface area contributed by atoms with Gasteiger partial charge in [0.15, 0.2) is 4.34 Å². The lowest BCUT2D eigenvalue weighted by molar-refractivity contribution is -0.146. The third kappa shape index (κ3) is 2.31. The summed E-state index contributed by atoms with van der Waals surface area (Å²) in [4.78, 5) is 4.28. The molecule has 5 nitrogen and oxygen atoms in total. The zero-order valence-electron chi connectivity index (χ0n) is 9.63. The highest BCUT2D eigenvalue weighted by Gasteiger charge is 2.38. The number of halogens is 3. The summed E-state index contributed by atoms with van der Waals surface area (Å²) >= 11 is 2.30. The predicted molar refractivity (Wildman–Crippen MR) is 68.9 cm³/mol. The Morgan fingerprint density at radius 1 is 1.20 bits per heavy atom. The van der Waals surface area contributed by atoms with Crippen molar-refractivity contribution in [2.24, 2.45) is 0 Å². The van der Waals surface area contributed by atoms with E-state index in [9.17, 15) is 13.2 Å². The largest absolute Gasteiger partial charge is 0.453 e. The lowest BCUT2D eigenvalue weighted by Gasteiger charge is -2.04. The number of fused-ring (bicyclic) bond motifs is 1. The van der Waals surface area contributed by atoms with Crippen molar-refractivity contribution < 1.29 is 13.2 Å². The predicted octanol–water partition coefficient (Wildman–Crippen LogP) is 2.77. The summed E-state index contributed by atoms with van der Waals surface area (Å²) in [5.74, 6) is 4.12. The topological polar surface area (TPSA) is 69.6 Å². The van der Waals surface area contributed by atoms with Crippen LogP contribution in [0, 0.1) is 0 Å². The average molecular weight is 317 g/mol. The Morgan fingerprint density at radius 3 is 2.60 bits per heavy atom. The lowest BCUT2D eigenvalue weighted by Crippen LogP contribution is -2.21. The van der Waals surface area contributed by atoms with Gasteiger partial charge >= 0.3 is 6.18 Å². The lowest BCUT2D eigenvalue weighted by atomic mass is 10.3. The van der Waals surface area contributed by atoms with Crippen LogP contribution in [0.3, 0.4) is 0 Å². The second kappa shape index (κ2) is 4.63. The van der Waals surface area contributed by atoms with Gasteiger partial charge in [-0.25, -0.2) is 9.66 Å². The number of nitrogens with two attached hydrogens (primary N) is 1. The molecule has 10 heteroatoms. The van der Waals surface area contributed by atoms with E-state index in [4.69, 9.17) is 5.84 Å². The number of nitrogens with zero attached hydrogens (tertiary/aromatic N) is 4. The van der Waals surface area contributed by atoms with Crippen molar-refractivity contribution in [1.29, 1.82) is 0 Å². The van der Waals surface area contributed by atoms with E-state index in [1.807, 2.05) is 24.3 Å². The molecule has 0 bridgehead atoms. The van der Waals surface area contributed by atoms with Gasteiger partial charge in [-0.15, -0.1) is 21.5 Å².